The summed E-state index contributed by atoms with van der Waals surface area (Å²) < 4.78 is 1.77. The summed E-state index contributed by atoms with van der Waals surface area (Å²) in [6.07, 6.45) is 2.75. The number of hydrogen-bond acceptors (Lipinski definition) is 5. The SMILES string of the molecule is O=C1CCCCN1CSc1nnnn1Cc1ccccc1. The Kier molecular flexibility index (Phi) is 4.49. The fraction of sp³-hybridized carbons (Fsp3) is 0.429. The Morgan fingerprint density at radius 3 is 2.86 bits per heavy atom. The van der Waals surface area contributed by atoms with Crippen LogP contribution in [-0.4, -0.2) is 43.4 Å². The van der Waals surface area contributed by atoms with E-state index in [9.17, 15) is 4.79 Å². The molecule has 6 nitrogen and oxygen atoms in total. The maximum atomic E-state index is 11.8. The van der Waals surface area contributed by atoms with E-state index in [4.69, 9.17) is 0 Å². The number of piperidine rings is 1. The average molecular weight is 303 g/mol. The van der Waals surface area contributed by atoms with Gasteiger partial charge in [0.05, 0.1) is 12.4 Å². The Balaban J connectivity index is 1.61. The van der Waals surface area contributed by atoms with Crippen molar-refractivity contribution in [2.24, 2.45) is 0 Å². The summed E-state index contributed by atoms with van der Waals surface area (Å²) in [7, 11) is 0. The maximum Gasteiger partial charge on any atom is 0.223 e. The van der Waals surface area contributed by atoms with E-state index in [-0.39, 0.29) is 5.91 Å². The molecule has 0 spiro atoms. The number of rotatable bonds is 5. The van der Waals surface area contributed by atoms with Crippen LogP contribution >= 0.6 is 11.8 Å². The van der Waals surface area contributed by atoms with Crippen LogP contribution in [0.2, 0.25) is 0 Å². The van der Waals surface area contributed by atoms with Crippen LogP contribution in [0.5, 0.6) is 0 Å². The summed E-state index contributed by atoms with van der Waals surface area (Å²) >= 11 is 1.52. The number of aromatic nitrogens is 4. The first-order valence-corrected chi connectivity index (χ1v) is 8.02. The number of carbonyl (C=O) groups is 1. The van der Waals surface area contributed by atoms with Crippen molar-refractivity contribution in [3.63, 3.8) is 0 Å². The molecule has 21 heavy (non-hydrogen) atoms. The molecular weight excluding hydrogens is 286 g/mol. The third-order valence-corrected chi connectivity index (χ3v) is 4.44. The van der Waals surface area contributed by atoms with Crippen LogP contribution in [0.15, 0.2) is 35.5 Å². The molecule has 1 saturated heterocycles. The van der Waals surface area contributed by atoms with Gasteiger partial charge in [0.2, 0.25) is 11.1 Å². The normalized spacial score (nSPS) is 15.4. The van der Waals surface area contributed by atoms with Crippen molar-refractivity contribution >= 4 is 17.7 Å². The molecule has 0 N–H and O–H groups in total. The van der Waals surface area contributed by atoms with E-state index in [0.29, 0.717) is 18.8 Å². The van der Waals surface area contributed by atoms with Crippen LogP contribution in [0.25, 0.3) is 0 Å². The minimum Gasteiger partial charge on any atom is -0.333 e. The summed E-state index contributed by atoms with van der Waals surface area (Å²) in [6.45, 7) is 1.48. The van der Waals surface area contributed by atoms with Crippen molar-refractivity contribution < 1.29 is 4.79 Å². The lowest BCUT2D eigenvalue weighted by atomic mass is 10.1. The highest BCUT2D eigenvalue weighted by molar-refractivity contribution is 7.99. The molecule has 1 aliphatic heterocycles. The smallest absolute Gasteiger partial charge is 0.223 e. The van der Waals surface area contributed by atoms with Crippen molar-refractivity contribution in [1.29, 1.82) is 0 Å². The summed E-state index contributed by atoms with van der Waals surface area (Å²) in [4.78, 5) is 13.7. The second kappa shape index (κ2) is 6.71. The minimum atomic E-state index is 0.232. The quantitative estimate of drug-likeness (QED) is 0.788. The van der Waals surface area contributed by atoms with Crippen LogP contribution in [-0.2, 0) is 11.3 Å². The molecule has 1 aliphatic rings. The summed E-state index contributed by atoms with van der Waals surface area (Å²) in [6, 6.07) is 10.1. The molecule has 0 aliphatic carbocycles. The number of likely N-dealkylation sites (tertiary alicyclic amines) is 1. The zero-order valence-electron chi connectivity index (χ0n) is 11.7. The van der Waals surface area contributed by atoms with Gasteiger partial charge in [0, 0.05) is 13.0 Å². The molecule has 0 saturated carbocycles. The summed E-state index contributed by atoms with van der Waals surface area (Å²) in [5, 5.41) is 12.6. The molecule has 0 unspecified atom stereocenters. The van der Waals surface area contributed by atoms with Gasteiger partial charge in [-0.05, 0) is 28.8 Å². The molecular formula is C14H17N5OS. The van der Waals surface area contributed by atoms with E-state index in [0.717, 1.165) is 30.1 Å². The fourth-order valence-corrected chi connectivity index (χ4v) is 3.18. The number of carbonyl (C=O) groups excluding carboxylic acids is 1. The standard InChI is InChI=1S/C14H17N5OS/c20-13-8-4-5-9-18(13)11-21-14-15-16-17-19(14)10-12-6-2-1-3-7-12/h1-3,6-7H,4-5,8-11H2. The lowest BCUT2D eigenvalue weighted by Crippen LogP contribution is -2.34. The Morgan fingerprint density at radius 1 is 1.19 bits per heavy atom. The van der Waals surface area contributed by atoms with Crippen molar-refractivity contribution in [2.75, 3.05) is 12.4 Å². The number of thioether (sulfide) groups is 1. The molecule has 1 aromatic carbocycles. The number of hydrogen-bond donors (Lipinski definition) is 0. The van der Waals surface area contributed by atoms with Crippen LogP contribution in [0.3, 0.4) is 0 Å². The largest absolute Gasteiger partial charge is 0.333 e. The van der Waals surface area contributed by atoms with Gasteiger partial charge in [-0.1, -0.05) is 42.1 Å². The predicted octanol–water partition coefficient (Wildman–Crippen LogP) is 1.78. The van der Waals surface area contributed by atoms with Gasteiger partial charge < -0.3 is 4.90 Å². The molecule has 0 radical (unpaired) electrons. The first kappa shape index (κ1) is 14.1. The molecule has 2 heterocycles. The maximum absolute atomic E-state index is 11.8. The Bertz CT molecular complexity index is 600. The van der Waals surface area contributed by atoms with Crippen LogP contribution in [0.1, 0.15) is 24.8 Å². The fourth-order valence-electron chi connectivity index (χ4n) is 2.29. The van der Waals surface area contributed by atoms with Gasteiger partial charge in [0.15, 0.2) is 0 Å². The number of amides is 1. The van der Waals surface area contributed by atoms with Crippen LogP contribution < -0.4 is 0 Å². The zero-order chi connectivity index (χ0) is 14.5. The van der Waals surface area contributed by atoms with Gasteiger partial charge in [-0.3, -0.25) is 4.79 Å². The number of benzene rings is 1. The molecule has 0 atom stereocenters. The van der Waals surface area contributed by atoms with E-state index in [1.54, 1.807) is 4.68 Å². The molecule has 2 aromatic rings. The second-order valence-electron chi connectivity index (χ2n) is 4.99. The van der Waals surface area contributed by atoms with Gasteiger partial charge in [-0.2, -0.15) is 0 Å². The molecule has 1 fully saturated rings. The topological polar surface area (TPSA) is 63.9 Å². The van der Waals surface area contributed by atoms with Gasteiger partial charge in [0.25, 0.3) is 0 Å². The molecule has 7 heteroatoms. The molecule has 110 valence electrons. The summed E-state index contributed by atoms with van der Waals surface area (Å²) in [5.74, 6) is 0.851. The lowest BCUT2D eigenvalue weighted by Gasteiger charge is -2.25. The lowest BCUT2D eigenvalue weighted by molar-refractivity contribution is -0.132. The Hall–Kier alpha value is -1.89. The van der Waals surface area contributed by atoms with E-state index >= 15 is 0 Å². The highest BCUT2D eigenvalue weighted by Crippen LogP contribution is 2.19. The van der Waals surface area contributed by atoms with Crippen LogP contribution in [0.4, 0.5) is 0 Å². The van der Waals surface area contributed by atoms with E-state index in [1.807, 2.05) is 35.2 Å². The number of tetrazole rings is 1. The summed E-state index contributed by atoms with van der Waals surface area (Å²) in [5.41, 5.74) is 1.15. The molecule has 1 amide bonds. The van der Waals surface area contributed by atoms with Crippen molar-refractivity contribution in [2.45, 2.75) is 31.0 Å². The first-order chi connectivity index (χ1) is 10.3. The molecule has 1 aromatic heterocycles. The van der Waals surface area contributed by atoms with E-state index < -0.39 is 0 Å². The highest BCUT2D eigenvalue weighted by Gasteiger charge is 2.19. The van der Waals surface area contributed by atoms with Crippen molar-refractivity contribution in [3.8, 4) is 0 Å². The zero-order valence-corrected chi connectivity index (χ0v) is 12.5. The minimum absolute atomic E-state index is 0.232. The third-order valence-electron chi connectivity index (χ3n) is 3.45. The van der Waals surface area contributed by atoms with E-state index in [1.165, 1.54) is 11.8 Å². The average Bonchev–Trinajstić information content (AvgIpc) is 2.95. The van der Waals surface area contributed by atoms with E-state index in [2.05, 4.69) is 15.5 Å². The number of nitrogens with zero attached hydrogens (tertiary/aromatic N) is 5. The van der Waals surface area contributed by atoms with Gasteiger partial charge >= 0.3 is 0 Å². The van der Waals surface area contributed by atoms with Crippen LogP contribution in [0, 0.1) is 0 Å². The highest BCUT2D eigenvalue weighted by atomic mass is 32.2. The third kappa shape index (κ3) is 3.60. The first-order valence-electron chi connectivity index (χ1n) is 7.03. The van der Waals surface area contributed by atoms with Crippen molar-refractivity contribution in [1.82, 2.24) is 25.1 Å². The Morgan fingerprint density at radius 2 is 2.05 bits per heavy atom. The van der Waals surface area contributed by atoms with Gasteiger partial charge in [-0.15, -0.1) is 5.10 Å². The molecule has 0 bridgehead atoms. The second-order valence-corrected chi connectivity index (χ2v) is 5.90. The molecule has 3 rings (SSSR count). The predicted molar refractivity (Wildman–Crippen MR) is 79.6 cm³/mol. The van der Waals surface area contributed by atoms with Gasteiger partial charge in [0.1, 0.15) is 0 Å². The monoisotopic (exact) mass is 303 g/mol. The van der Waals surface area contributed by atoms with Gasteiger partial charge in [-0.25, -0.2) is 4.68 Å². The van der Waals surface area contributed by atoms with Crippen molar-refractivity contribution in [3.05, 3.63) is 35.9 Å². The Labute approximate surface area is 127 Å².